The van der Waals surface area contributed by atoms with Crippen LogP contribution in [0.1, 0.15) is 24.2 Å². The van der Waals surface area contributed by atoms with Crippen LogP contribution in [-0.4, -0.2) is 5.97 Å². The van der Waals surface area contributed by atoms with Crippen LogP contribution >= 0.6 is 0 Å². The van der Waals surface area contributed by atoms with E-state index in [0.717, 1.165) is 12.0 Å². The van der Waals surface area contributed by atoms with Gasteiger partial charge in [-0.05, 0) is 18.1 Å². The number of carbonyl (C=O) groups is 1. The van der Waals surface area contributed by atoms with Gasteiger partial charge in [-0.15, -0.1) is 0 Å². The molecule has 0 saturated heterocycles. The Morgan fingerprint density at radius 2 is 2.29 bits per heavy atom. The molecule has 1 aliphatic rings. The highest BCUT2D eigenvalue weighted by molar-refractivity contribution is 5.82. The molecule has 1 atom stereocenters. The molecule has 1 aromatic carbocycles. The number of allylic oxidation sites excluding steroid dienone is 1. The Hall–Kier alpha value is -1.57. The van der Waals surface area contributed by atoms with Crippen molar-refractivity contribution in [1.29, 1.82) is 0 Å². The van der Waals surface area contributed by atoms with Crippen molar-refractivity contribution in [2.45, 2.75) is 19.4 Å². The monoisotopic (exact) mass is 188 g/mol. The summed E-state index contributed by atoms with van der Waals surface area (Å²) in [5.74, 6) is -0.257. The van der Waals surface area contributed by atoms with E-state index in [9.17, 15) is 4.79 Å². The number of fused-ring (bicyclic) bond motifs is 1. The molecule has 0 heterocycles. The maximum atomic E-state index is 11.1. The molecule has 2 heteroatoms. The molecule has 1 aromatic rings. The van der Waals surface area contributed by atoms with Crippen molar-refractivity contribution < 1.29 is 9.53 Å². The zero-order valence-electron chi connectivity index (χ0n) is 8.07. The van der Waals surface area contributed by atoms with Gasteiger partial charge < -0.3 is 4.74 Å². The number of esters is 1. The Labute approximate surface area is 83.2 Å². The molecule has 0 N–H and O–H groups in total. The average molecular weight is 188 g/mol. The predicted molar refractivity (Wildman–Crippen MR) is 53.8 cm³/mol. The van der Waals surface area contributed by atoms with Crippen molar-refractivity contribution in [2.24, 2.45) is 0 Å². The largest absolute Gasteiger partial charge is 0.454 e. The van der Waals surface area contributed by atoms with Gasteiger partial charge in [0, 0.05) is 12.5 Å². The molecule has 1 aliphatic carbocycles. The Kier molecular flexibility index (Phi) is 2.35. The van der Waals surface area contributed by atoms with Crippen molar-refractivity contribution in [1.82, 2.24) is 0 Å². The molecule has 2 nitrogen and oxygen atoms in total. The van der Waals surface area contributed by atoms with Crippen LogP contribution in [0.2, 0.25) is 0 Å². The Morgan fingerprint density at radius 3 is 3.00 bits per heavy atom. The highest BCUT2D eigenvalue weighted by Gasteiger charge is 2.27. The third kappa shape index (κ3) is 1.55. The molecule has 0 aliphatic heterocycles. The Bertz CT molecular complexity index is 380. The van der Waals surface area contributed by atoms with E-state index >= 15 is 0 Å². The standard InChI is InChI=1S/C12H12O2/c1-2-5-12(13)14-11-8-9-6-3-4-7-10(9)11/h2-7,11H,8H2,1H3/b5-2-. The molecular formula is C12H12O2. The van der Waals surface area contributed by atoms with Crippen LogP contribution < -0.4 is 0 Å². The first-order chi connectivity index (χ1) is 6.81. The average Bonchev–Trinajstić information content (AvgIpc) is 2.15. The Balaban J connectivity index is 2.02. The maximum absolute atomic E-state index is 11.1. The molecule has 0 spiro atoms. The van der Waals surface area contributed by atoms with Crippen LogP contribution in [0.4, 0.5) is 0 Å². The van der Waals surface area contributed by atoms with Crippen molar-refractivity contribution in [3.63, 3.8) is 0 Å². The minimum absolute atomic E-state index is 0.0325. The van der Waals surface area contributed by atoms with Crippen LogP contribution in [0.25, 0.3) is 0 Å². The van der Waals surface area contributed by atoms with E-state index in [0.29, 0.717) is 0 Å². The van der Waals surface area contributed by atoms with E-state index in [1.165, 1.54) is 11.6 Å². The smallest absolute Gasteiger partial charge is 0.331 e. The van der Waals surface area contributed by atoms with E-state index in [1.54, 1.807) is 13.0 Å². The molecule has 0 bridgehead atoms. The zero-order valence-corrected chi connectivity index (χ0v) is 8.07. The van der Waals surface area contributed by atoms with Gasteiger partial charge in [0.1, 0.15) is 6.10 Å². The van der Waals surface area contributed by atoms with Crippen LogP contribution in [0.15, 0.2) is 36.4 Å². The minimum atomic E-state index is -0.257. The van der Waals surface area contributed by atoms with Gasteiger partial charge in [-0.25, -0.2) is 4.79 Å². The second kappa shape index (κ2) is 3.66. The van der Waals surface area contributed by atoms with Crippen molar-refractivity contribution in [2.75, 3.05) is 0 Å². The van der Waals surface area contributed by atoms with E-state index in [4.69, 9.17) is 4.74 Å². The third-order valence-corrected chi connectivity index (χ3v) is 2.37. The summed E-state index contributed by atoms with van der Waals surface area (Å²) in [4.78, 5) is 11.1. The van der Waals surface area contributed by atoms with Crippen molar-refractivity contribution in [3.05, 3.63) is 47.5 Å². The first-order valence-electron chi connectivity index (χ1n) is 4.72. The van der Waals surface area contributed by atoms with E-state index in [1.807, 2.05) is 18.2 Å². The molecule has 14 heavy (non-hydrogen) atoms. The normalized spacial score (nSPS) is 18.8. The van der Waals surface area contributed by atoms with Crippen molar-refractivity contribution in [3.8, 4) is 0 Å². The lowest BCUT2D eigenvalue weighted by atomic mass is 9.85. The zero-order chi connectivity index (χ0) is 9.97. The van der Waals surface area contributed by atoms with Crippen LogP contribution in [-0.2, 0) is 16.0 Å². The maximum Gasteiger partial charge on any atom is 0.331 e. The van der Waals surface area contributed by atoms with Gasteiger partial charge in [0.2, 0.25) is 0 Å². The summed E-state index contributed by atoms with van der Waals surface area (Å²) >= 11 is 0. The van der Waals surface area contributed by atoms with Crippen molar-refractivity contribution >= 4 is 5.97 Å². The van der Waals surface area contributed by atoms with E-state index in [-0.39, 0.29) is 12.1 Å². The number of carbonyl (C=O) groups excluding carboxylic acids is 1. The van der Waals surface area contributed by atoms with Gasteiger partial charge in [-0.1, -0.05) is 30.3 Å². The second-order valence-electron chi connectivity index (χ2n) is 3.33. The fourth-order valence-electron chi connectivity index (χ4n) is 1.63. The molecule has 1 unspecified atom stereocenters. The summed E-state index contributed by atoms with van der Waals surface area (Å²) < 4.78 is 5.23. The second-order valence-corrected chi connectivity index (χ2v) is 3.33. The van der Waals surface area contributed by atoms with Gasteiger partial charge in [-0.2, -0.15) is 0 Å². The fourth-order valence-corrected chi connectivity index (χ4v) is 1.63. The number of benzene rings is 1. The molecule has 0 amide bonds. The predicted octanol–water partition coefficient (Wildman–Crippen LogP) is 2.40. The topological polar surface area (TPSA) is 26.3 Å². The Morgan fingerprint density at radius 1 is 1.50 bits per heavy atom. The van der Waals surface area contributed by atoms with Crippen LogP contribution in [0, 0.1) is 0 Å². The highest BCUT2D eigenvalue weighted by Crippen LogP contribution is 2.35. The number of ether oxygens (including phenoxy) is 1. The lowest BCUT2D eigenvalue weighted by molar-refractivity contribution is -0.144. The minimum Gasteiger partial charge on any atom is -0.454 e. The molecule has 0 saturated carbocycles. The molecule has 0 aromatic heterocycles. The van der Waals surface area contributed by atoms with Crippen LogP contribution in [0.5, 0.6) is 0 Å². The summed E-state index contributed by atoms with van der Waals surface area (Å²) in [6.07, 6.45) is 3.95. The highest BCUT2D eigenvalue weighted by atomic mass is 16.5. The van der Waals surface area contributed by atoms with Crippen LogP contribution in [0.3, 0.4) is 0 Å². The number of hydrogen-bond donors (Lipinski definition) is 0. The summed E-state index contributed by atoms with van der Waals surface area (Å²) in [5.41, 5.74) is 2.43. The van der Waals surface area contributed by atoms with E-state index < -0.39 is 0 Å². The quantitative estimate of drug-likeness (QED) is 0.526. The fraction of sp³-hybridized carbons (Fsp3) is 0.250. The molecule has 0 fully saturated rings. The first-order valence-corrected chi connectivity index (χ1v) is 4.72. The SMILES string of the molecule is C/C=C\C(=O)OC1Cc2ccccc21. The summed E-state index contributed by atoms with van der Waals surface area (Å²) in [5, 5.41) is 0. The lowest BCUT2D eigenvalue weighted by Crippen LogP contribution is -2.21. The summed E-state index contributed by atoms with van der Waals surface area (Å²) in [6, 6.07) is 8.04. The lowest BCUT2D eigenvalue weighted by Gasteiger charge is -2.28. The van der Waals surface area contributed by atoms with Gasteiger partial charge in [0.15, 0.2) is 0 Å². The van der Waals surface area contributed by atoms with Gasteiger partial charge >= 0.3 is 5.97 Å². The van der Waals surface area contributed by atoms with Gasteiger partial charge in [0.05, 0.1) is 0 Å². The van der Waals surface area contributed by atoms with Gasteiger partial charge in [0.25, 0.3) is 0 Å². The molecule has 72 valence electrons. The number of rotatable bonds is 2. The molecule has 0 radical (unpaired) electrons. The summed E-state index contributed by atoms with van der Waals surface area (Å²) in [6.45, 7) is 1.80. The summed E-state index contributed by atoms with van der Waals surface area (Å²) in [7, 11) is 0. The van der Waals surface area contributed by atoms with Gasteiger partial charge in [-0.3, -0.25) is 0 Å². The molecular weight excluding hydrogens is 176 g/mol. The molecule has 2 rings (SSSR count). The van der Waals surface area contributed by atoms with E-state index in [2.05, 4.69) is 6.07 Å². The first kappa shape index (κ1) is 9.00. The number of hydrogen-bond acceptors (Lipinski definition) is 2. The third-order valence-electron chi connectivity index (χ3n) is 2.37.